The summed E-state index contributed by atoms with van der Waals surface area (Å²) in [7, 11) is 0. The van der Waals surface area contributed by atoms with Crippen LogP contribution in [0.2, 0.25) is 11.6 Å². The first-order chi connectivity index (χ1) is 5.67. The molecule has 0 nitrogen and oxygen atoms in total. The molecule has 0 unspecified atom stereocenters. The highest BCUT2D eigenvalue weighted by atomic mass is 79.9. The molecule has 0 spiro atoms. The summed E-state index contributed by atoms with van der Waals surface area (Å²) in [5.74, 6) is 0. The van der Waals surface area contributed by atoms with Crippen molar-refractivity contribution in [3.8, 4) is 0 Å². The van der Waals surface area contributed by atoms with Gasteiger partial charge in [0.2, 0.25) is 5.31 Å². The molecule has 70 valence electrons. The predicted octanol–water partition coefficient (Wildman–Crippen LogP) is 4.74. The Kier molecular flexibility index (Phi) is 4.55. The van der Waals surface area contributed by atoms with Crippen LogP contribution in [0.25, 0.3) is 0 Å². The molecule has 0 aliphatic heterocycles. The number of hydrogen-bond acceptors (Lipinski definition) is 0. The highest BCUT2D eigenvalue weighted by Crippen LogP contribution is 2.45. The molecule has 0 aromatic rings. The Bertz CT molecular complexity index is 151. The molecule has 1 aliphatic rings. The lowest BCUT2D eigenvalue weighted by Crippen LogP contribution is -2.26. The predicted molar refractivity (Wildman–Crippen MR) is 65.4 cm³/mol. The second kappa shape index (κ2) is 4.96. The van der Waals surface area contributed by atoms with Gasteiger partial charge < -0.3 is 0 Å². The average Bonchev–Trinajstić information content (AvgIpc) is 2.06. The zero-order valence-corrected chi connectivity index (χ0v) is 11.5. The third kappa shape index (κ3) is 3.00. The first-order valence-electron chi connectivity index (χ1n) is 4.65. The molecule has 1 rings (SSSR count). The molecule has 0 atom stereocenters. The van der Waals surface area contributed by atoms with Gasteiger partial charge in [0.1, 0.15) is 0 Å². The van der Waals surface area contributed by atoms with E-state index in [1.807, 2.05) is 6.08 Å². The third-order valence-corrected chi connectivity index (χ3v) is 11.1. The summed E-state index contributed by atoms with van der Waals surface area (Å²) < 4.78 is 0. The lowest BCUT2D eigenvalue weighted by atomic mass is 10.0. The van der Waals surface area contributed by atoms with Crippen LogP contribution in [0.5, 0.6) is 0 Å². The van der Waals surface area contributed by atoms with E-state index >= 15 is 0 Å². The van der Waals surface area contributed by atoms with Crippen molar-refractivity contribution in [2.75, 3.05) is 0 Å². The van der Waals surface area contributed by atoms with Gasteiger partial charge in [-0.15, -0.1) is 37.2 Å². The van der Waals surface area contributed by atoms with Crippen molar-refractivity contribution < 1.29 is 0 Å². The minimum atomic E-state index is -1.30. The van der Waals surface area contributed by atoms with E-state index in [-0.39, 0.29) is 0 Å². The van der Waals surface area contributed by atoms with Crippen LogP contribution in [0, 0.1) is 0 Å². The van der Waals surface area contributed by atoms with E-state index in [0.717, 1.165) is 11.6 Å². The fourth-order valence-electron chi connectivity index (χ4n) is 1.88. The summed E-state index contributed by atoms with van der Waals surface area (Å²) in [6.45, 7) is 3.82. The molecule has 12 heavy (non-hydrogen) atoms. The maximum atomic E-state index is 3.89. The third-order valence-electron chi connectivity index (χ3n) is 2.62. The average molecular weight is 312 g/mol. The maximum absolute atomic E-state index is 3.89. The number of hydrogen-bond donors (Lipinski definition) is 0. The van der Waals surface area contributed by atoms with E-state index < -0.39 is 5.31 Å². The van der Waals surface area contributed by atoms with Gasteiger partial charge >= 0.3 is 0 Å². The fourth-order valence-corrected chi connectivity index (χ4v) is 7.98. The second-order valence-corrected chi connectivity index (χ2v) is 18.0. The zero-order chi connectivity index (χ0) is 9.03. The Balaban J connectivity index is 2.47. The van der Waals surface area contributed by atoms with Crippen LogP contribution in [0.3, 0.4) is 0 Å². The van der Waals surface area contributed by atoms with Crippen molar-refractivity contribution in [3.05, 3.63) is 12.7 Å². The standard InChI is InChI=1S/C9H16Br2Si/c1-2-8-12(10,11)9-6-4-3-5-7-9/h2,9H,1,3-8H2. The molecule has 0 radical (unpaired) electrons. The lowest BCUT2D eigenvalue weighted by Gasteiger charge is -2.30. The molecule has 0 aromatic heterocycles. The smallest absolute Gasteiger partial charge is 0.110 e. The molecule has 0 N–H and O–H groups in total. The zero-order valence-electron chi connectivity index (χ0n) is 7.36. The summed E-state index contributed by atoms with van der Waals surface area (Å²) in [6, 6.07) is 1.15. The lowest BCUT2D eigenvalue weighted by molar-refractivity contribution is 0.498. The van der Waals surface area contributed by atoms with Gasteiger partial charge in [-0.1, -0.05) is 38.2 Å². The summed E-state index contributed by atoms with van der Waals surface area (Å²) >= 11 is 7.78. The molecule has 0 bridgehead atoms. The first-order valence-corrected chi connectivity index (χ1v) is 11.5. The minimum absolute atomic E-state index is 0.921. The van der Waals surface area contributed by atoms with Crippen molar-refractivity contribution in [2.24, 2.45) is 0 Å². The Labute approximate surface area is 92.0 Å². The van der Waals surface area contributed by atoms with Gasteiger partial charge in [0.25, 0.3) is 0 Å². The molecular weight excluding hydrogens is 296 g/mol. The van der Waals surface area contributed by atoms with Crippen molar-refractivity contribution in [3.63, 3.8) is 0 Å². The van der Waals surface area contributed by atoms with Crippen LogP contribution in [0.15, 0.2) is 12.7 Å². The van der Waals surface area contributed by atoms with E-state index in [1.165, 1.54) is 32.1 Å². The Morgan fingerprint density at radius 3 is 2.33 bits per heavy atom. The Morgan fingerprint density at radius 2 is 1.83 bits per heavy atom. The van der Waals surface area contributed by atoms with Gasteiger partial charge in [-0.25, -0.2) is 0 Å². The van der Waals surface area contributed by atoms with E-state index in [0.29, 0.717) is 0 Å². The van der Waals surface area contributed by atoms with Crippen molar-refractivity contribution in [2.45, 2.75) is 43.7 Å². The van der Waals surface area contributed by atoms with E-state index in [1.54, 1.807) is 0 Å². The van der Waals surface area contributed by atoms with Crippen LogP contribution in [0.4, 0.5) is 0 Å². The minimum Gasteiger partial charge on any atom is -0.110 e. The number of rotatable bonds is 3. The van der Waals surface area contributed by atoms with Gasteiger partial charge in [0.05, 0.1) is 0 Å². The first kappa shape index (κ1) is 11.0. The molecule has 1 aliphatic carbocycles. The monoisotopic (exact) mass is 310 g/mol. The van der Waals surface area contributed by atoms with Crippen molar-refractivity contribution in [1.29, 1.82) is 0 Å². The van der Waals surface area contributed by atoms with Crippen molar-refractivity contribution >= 4 is 35.9 Å². The highest BCUT2D eigenvalue weighted by Gasteiger charge is 2.35. The second-order valence-electron chi connectivity index (χ2n) is 3.59. The van der Waals surface area contributed by atoms with E-state index in [4.69, 9.17) is 0 Å². The highest BCUT2D eigenvalue weighted by molar-refractivity contribution is 9.51. The van der Waals surface area contributed by atoms with Gasteiger partial charge in [-0.05, 0) is 11.6 Å². The van der Waals surface area contributed by atoms with Gasteiger partial charge in [0, 0.05) is 0 Å². The SMILES string of the molecule is C=CC[Si](Br)(Br)C1CCCCC1. The van der Waals surface area contributed by atoms with Crippen LogP contribution < -0.4 is 0 Å². The molecule has 3 heteroatoms. The normalized spacial score (nSPS) is 20.8. The van der Waals surface area contributed by atoms with Gasteiger partial charge in [0.15, 0.2) is 0 Å². The van der Waals surface area contributed by atoms with Crippen LogP contribution in [0.1, 0.15) is 32.1 Å². The Morgan fingerprint density at radius 1 is 1.25 bits per heavy atom. The molecule has 0 saturated heterocycles. The number of allylic oxidation sites excluding steroid dienone is 1. The van der Waals surface area contributed by atoms with Crippen LogP contribution in [-0.2, 0) is 0 Å². The molecule has 0 heterocycles. The van der Waals surface area contributed by atoms with Gasteiger partial charge in [-0.2, -0.15) is 0 Å². The molecule has 0 amide bonds. The van der Waals surface area contributed by atoms with Crippen molar-refractivity contribution in [1.82, 2.24) is 0 Å². The largest absolute Gasteiger partial charge is 0.207 e. The summed E-state index contributed by atoms with van der Waals surface area (Å²) in [5, 5.41) is -1.30. The van der Waals surface area contributed by atoms with Crippen LogP contribution in [-0.4, -0.2) is 5.31 Å². The maximum Gasteiger partial charge on any atom is 0.207 e. The van der Waals surface area contributed by atoms with Gasteiger partial charge in [-0.3, -0.25) is 0 Å². The Hall–Kier alpha value is 0.917. The van der Waals surface area contributed by atoms with E-state index in [2.05, 4.69) is 37.2 Å². The molecule has 1 saturated carbocycles. The summed E-state index contributed by atoms with van der Waals surface area (Å²) in [6.07, 6.45) is 9.16. The summed E-state index contributed by atoms with van der Waals surface area (Å²) in [4.78, 5) is 0. The number of halogens is 2. The van der Waals surface area contributed by atoms with Crippen LogP contribution >= 0.6 is 30.6 Å². The molecule has 1 fully saturated rings. The van der Waals surface area contributed by atoms with E-state index in [9.17, 15) is 0 Å². The topological polar surface area (TPSA) is 0 Å². The fraction of sp³-hybridized carbons (Fsp3) is 0.778. The molecular formula is C9H16Br2Si. The summed E-state index contributed by atoms with van der Waals surface area (Å²) in [5.41, 5.74) is 0.921. The molecule has 0 aromatic carbocycles. The quantitative estimate of drug-likeness (QED) is 0.401.